The van der Waals surface area contributed by atoms with Crippen molar-refractivity contribution in [3.8, 4) is 0 Å². The molecular formula is C43H63FN8O8. The Labute approximate surface area is 352 Å². The predicted octanol–water partition coefficient (Wildman–Crippen LogP) is 4.70. The van der Waals surface area contributed by atoms with Crippen LogP contribution in [0.15, 0.2) is 41.6 Å². The average molecular weight is 839 g/mol. The normalized spacial score (nSPS) is 13.7. The number of amides is 1. The van der Waals surface area contributed by atoms with E-state index < -0.39 is 5.82 Å². The largest absolute Gasteiger partial charge is 0.388 e. The summed E-state index contributed by atoms with van der Waals surface area (Å²) in [5.74, 6) is -0.608. The molecule has 0 aliphatic carbocycles. The number of allylic oxidation sites excluding steroid dienone is 1. The molecule has 4 rings (SSSR count). The molecule has 0 spiro atoms. The quantitative estimate of drug-likeness (QED) is 0.0270. The Morgan fingerprint density at radius 1 is 0.817 bits per heavy atom. The van der Waals surface area contributed by atoms with Crippen LogP contribution in [0.5, 0.6) is 0 Å². The molecule has 0 unspecified atom stereocenters. The van der Waals surface area contributed by atoms with Crippen molar-refractivity contribution >= 4 is 40.9 Å². The minimum atomic E-state index is -0.441. The van der Waals surface area contributed by atoms with E-state index in [2.05, 4.69) is 41.4 Å². The number of benzene rings is 2. The number of hydrazine groups is 1. The predicted molar refractivity (Wildman–Crippen MR) is 232 cm³/mol. The molecule has 0 atom stereocenters. The Kier molecular flexibility index (Phi) is 21.9. The standard InChI is InChI=1S/C43H63FN8O8/c1-32-38(7-5-8-39(32)50-55)46-12-19-56-21-23-58-25-27-60-28-26-59-24-22-57-20-13-48-52-17-15-51(16-18-52)14-6-11-47-43(54)42-33(2)41(49-34(42)3)29-35(31-53)37-30-36(44)9-10-40(37)45-4/h5,7-10,29-31,45-46,48-49H,6,11-28H2,1-4H3,(H,47,54)/b35-29+. The number of aldehydes is 1. The van der Waals surface area contributed by atoms with Gasteiger partial charge >= 0.3 is 0 Å². The highest BCUT2D eigenvalue weighted by molar-refractivity contribution is 6.15. The minimum Gasteiger partial charge on any atom is -0.388 e. The number of ether oxygens (including phenoxy) is 5. The minimum absolute atomic E-state index is 0.167. The summed E-state index contributed by atoms with van der Waals surface area (Å²) in [5, 5.41) is 14.5. The third kappa shape index (κ3) is 16.1. The van der Waals surface area contributed by atoms with E-state index in [1.165, 1.54) is 12.1 Å². The number of carbonyl (C=O) groups is 2. The lowest BCUT2D eigenvalue weighted by molar-refractivity contribution is -0.103. The van der Waals surface area contributed by atoms with E-state index in [4.69, 9.17) is 23.7 Å². The van der Waals surface area contributed by atoms with Gasteiger partial charge in [-0.05, 0) is 80.9 Å². The maximum Gasteiger partial charge on any atom is 0.253 e. The fourth-order valence-corrected chi connectivity index (χ4v) is 6.72. The van der Waals surface area contributed by atoms with Gasteiger partial charge in [-0.15, -0.1) is 4.91 Å². The SMILES string of the molecule is CNc1ccc(F)cc1/C(C=O)=C/c1[nH]c(C)c(C(=O)NCCCN2CCN(NCCOCCOCCOCCOCCOCCNc3cccc(N=O)c3C)CC2)c1C. The van der Waals surface area contributed by atoms with Crippen LogP contribution in [0.25, 0.3) is 11.6 Å². The molecule has 60 heavy (non-hydrogen) atoms. The number of nitroso groups, excluding NO2 is 1. The highest BCUT2D eigenvalue weighted by atomic mass is 19.1. The lowest BCUT2D eigenvalue weighted by Gasteiger charge is -2.34. The smallest absolute Gasteiger partial charge is 0.253 e. The fraction of sp³-hybridized carbons (Fsp3) is 0.535. The van der Waals surface area contributed by atoms with Gasteiger partial charge in [0.2, 0.25) is 0 Å². The van der Waals surface area contributed by atoms with Crippen LogP contribution >= 0.6 is 0 Å². The second-order valence-corrected chi connectivity index (χ2v) is 14.2. The molecule has 5 N–H and O–H groups in total. The highest BCUT2D eigenvalue weighted by Gasteiger charge is 2.20. The van der Waals surface area contributed by atoms with E-state index >= 15 is 0 Å². The molecule has 1 amide bonds. The van der Waals surface area contributed by atoms with Gasteiger partial charge in [-0.1, -0.05) is 6.07 Å². The number of nitrogens with one attached hydrogen (secondary N) is 5. The number of rotatable bonds is 30. The van der Waals surface area contributed by atoms with Crippen LogP contribution in [-0.2, 0) is 28.5 Å². The lowest BCUT2D eigenvalue weighted by Crippen LogP contribution is -2.52. The van der Waals surface area contributed by atoms with E-state index in [1.807, 2.05) is 26.8 Å². The second-order valence-electron chi connectivity index (χ2n) is 14.2. The molecule has 1 fully saturated rings. The van der Waals surface area contributed by atoms with Gasteiger partial charge in [0.15, 0.2) is 6.29 Å². The van der Waals surface area contributed by atoms with E-state index in [0.717, 1.165) is 62.5 Å². The van der Waals surface area contributed by atoms with Gasteiger partial charge in [0.05, 0.1) is 71.6 Å². The Morgan fingerprint density at radius 3 is 2.07 bits per heavy atom. The van der Waals surface area contributed by atoms with Gasteiger partial charge in [-0.3, -0.25) is 15.0 Å². The van der Waals surface area contributed by atoms with Crippen molar-refractivity contribution in [1.29, 1.82) is 0 Å². The van der Waals surface area contributed by atoms with Gasteiger partial charge in [-0.25, -0.2) is 9.40 Å². The number of aromatic amines is 1. The summed E-state index contributed by atoms with van der Waals surface area (Å²) in [7, 11) is 1.71. The van der Waals surface area contributed by atoms with Crippen molar-refractivity contribution in [3.63, 3.8) is 0 Å². The maximum atomic E-state index is 14.0. The molecule has 1 aromatic heterocycles. The van der Waals surface area contributed by atoms with Crippen molar-refractivity contribution < 1.29 is 37.7 Å². The van der Waals surface area contributed by atoms with Crippen LogP contribution in [0.4, 0.5) is 21.5 Å². The first-order valence-electron chi connectivity index (χ1n) is 20.6. The van der Waals surface area contributed by atoms with Gasteiger partial charge < -0.3 is 49.5 Å². The number of carbonyl (C=O) groups excluding carboxylic acids is 2. The van der Waals surface area contributed by atoms with Crippen LogP contribution in [-0.4, -0.2) is 153 Å². The van der Waals surface area contributed by atoms with Crippen molar-refractivity contribution in [1.82, 2.24) is 25.6 Å². The van der Waals surface area contributed by atoms with Crippen molar-refractivity contribution in [3.05, 3.63) is 80.8 Å². The van der Waals surface area contributed by atoms with Crippen LogP contribution in [0.2, 0.25) is 0 Å². The number of piperazine rings is 1. The number of aromatic nitrogens is 1. The number of halogens is 1. The molecule has 0 bridgehead atoms. The summed E-state index contributed by atoms with van der Waals surface area (Å²) in [5.41, 5.74) is 9.55. The summed E-state index contributed by atoms with van der Waals surface area (Å²) in [6.07, 6.45) is 3.17. The molecule has 1 aliphatic rings. The number of aryl methyl sites for hydroxylation is 1. The molecule has 1 saturated heterocycles. The van der Waals surface area contributed by atoms with Gasteiger partial charge in [0, 0.05) is 92.3 Å². The first-order chi connectivity index (χ1) is 29.2. The topological polar surface area (TPSA) is 180 Å². The molecule has 2 aromatic carbocycles. The Morgan fingerprint density at radius 2 is 1.45 bits per heavy atom. The lowest BCUT2D eigenvalue weighted by atomic mass is 10.0. The van der Waals surface area contributed by atoms with Crippen LogP contribution in [0.1, 0.15) is 44.9 Å². The number of anilines is 2. The first-order valence-corrected chi connectivity index (χ1v) is 20.6. The zero-order valence-electron chi connectivity index (χ0n) is 35.5. The molecular weight excluding hydrogens is 776 g/mol. The van der Waals surface area contributed by atoms with Crippen LogP contribution in [0, 0.1) is 31.5 Å². The highest BCUT2D eigenvalue weighted by Crippen LogP contribution is 2.28. The van der Waals surface area contributed by atoms with E-state index in [0.29, 0.717) is 125 Å². The maximum absolute atomic E-state index is 14.0. The molecule has 0 radical (unpaired) electrons. The summed E-state index contributed by atoms with van der Waals surface area (Å²) >= 11 is 0. The van der Waals surface area contributed by atoms with Gasteiger partial charge in [-0.2, -0.15) is 0 Å². The van der Waals surface area contributed by atoms with Gasteiger partial charge in [0.1, 0.15) is 11.5 Å². The molecule has 2 heterocycles. The summed E-state index contributed by atoms with van der Waals surface area (Å²) in [6.45, 7) is 17.0. The summed E-state index contributed by atoms with van der Waals surface area (Å²) in [4.78, 5) is 41.6. The van der Waals surface area contributed by atoms with E-state index in [-0.39, 0.29) is 5.91 Å². The van der Waals surface area contributed by atoms with Crippen molar-refractivity contribution in [2.45, 2.75) is 27.2 Å². The number of hydrogen-bond acceptors (Lipinski definition) is 14. The Balaban J connectivity index is 0.936. The molecule has 17 heteroatoms. The van der Waals surface area contributed by atoms with Crippen LogP contribution < -0.4 is 21.4 Å². The Bertz CT molecular complexity index is 1800. The zero-order chi connectivity index (χ0) is 43.0. The Hall–Kier alpha value is -4.59. The fourth-order valence-electron chi connectivity index (χ4n) is 6.72. The number of nitrogens with zero attached hydrogens (tertiary/aromatic N) is 3. The number of H-pyrrole nitrogens is 1. The zero-order valence-corrected chi connectivity index (χ0v) is 35.5. The van der Waals surface area contributed by atoms with Gasteiger partial charge in [0.25, 0.3) is 5.91 Å². The molecule has 3 aromatic rings. The third-order valence-corrected chi connectivity index (χ3v) is 10.0. The summed E-state index contributed by atoms with van der Waals surface area (Å²) < 4.78 is 41.9. The number of hydrogen-bond donors (Lipinski definition) is 5. The second kappa shape index (κ2) is 27.3. The van der Waals surface area contributed by atoms with E-state index in [9.17, 15) is 18.9 Å². The molecule has 0 saturated carbocycles. The average Bonchev–Trinajstić information content (AvgIpc) is 3.54. The van der Waals surface area contributed by atoms with E-state index in [1.54, 1.807) is 31.3 Å². The van der Waals surface area contributed by atoms with Crippen molar-refractivity contribution in [2.75, 3.05) is 136 Å². The monoisotopic (exact) mass is 838 g/mol. The molecule has 16 nitrogen and oxygen atoms in total. The summed E-state index contributed by atoms with van der Waals surface area (Å²) in [6, 6.07) is 9.63. The first kappa shape index (κ1) is 48.1. The van der Waals surface area contributed by atoms with Crippen LogP contribution in [0.3, 0.4) is 0 Å². The third-order valence-electron chi connectivity index (χ3n) is 10.0. The molecule has 330 valence electrons. The molecule has 1 aliphatic heterocycles. The van der Waals surface area contributed by atoms with Crippen molar-refractivity contribution in [2.24, 2.45) is 5.18 Å².